The molecule has 0 aliphatic carbocycles. The first-order chi connectivity index (χ1) is 8.22. The number of anilines is 1. The van der Waals surface area contributed by atoms with Gasteiger partial charge in [-0.05, 0) is 46.2 Å². The quantitative estimate of drug-likeness (QED) is 0.851. The highest BCUT2D eigenvalue weighted by Crippen LogP contribution is 2.26. The van der Waals surface area contributed by atoms with Crippen LogP contribution in [-0.2, 0) is 0 Å². The number of hydrogen-bond acceptors (Lipinski definition) is 3. The molecular weight excluding hydrogens is 349 g/mol. The molecule has 0 saturated heterocycles. The van der Waals surface area contributed by atoms with Crippen molar-refractivity contribution in [2.45, 2.75) is 0 Å². The minimum absolute atomic E-state index is 0.138. The Balaban J connectivity index is 2.20. The van der Waals surface area contributed by atoms with E-state index in [2.05, 4.69) is 27.9 Å². The van der Waals surface area contributed by atoms with Crippen molar-refractivity contribution in [1.29, 1.82) is 0 Å². The van der Waals surface area contributed by atoms with Crippen LogP contribution in [0.15, 0.2) is 35.7 Å². The van der Waals surface area contributed by atoms with Gasteiger partial charge < -0.3 is 10.1 Å². The Morgan fingerprint density at radius 3 is 2.82 bits per heavy atom. The van der Waals surface area contributed by atoms with Crippen molar-refractivity contribution >= 4 is 45.5 Å². The summed E-state index contributed by atoms with van der Waals surface area (Å²) in [5.74, 6) is 0.472. The molecule has 17 heavy (non-hydrogen) atoms. The molecule has 1 heterocycles. The Labute approximate surface area is 117 Å². The summed E-state index contributed by atoms with van der Waals surface area (Å²) in [6, 6.07) is 9.43. The van der Waals surface area contributed by atoms with Gasteiger partial charge >= 0.3 is 0 Å². The summed E-state index contributed by atoms with van der Waals surface area (Å²) >= 11 is 3.55. The third-order valence-electron chi connectivity index (χ3n) is 2.18. The number of hydrogen-bond donors (Lipinski definition) is 1. The lowest BCUT2D eigenvalue weighted by Crippen LogP contribution is -2.12. The number of carbonyl (C=O) groups excluding carboxylic acids is 1. The van der Waals surface area contributed by atoms with E-state index in [4.69, 9.17) is 4.74 Å². The highest BCUT2D eigenvalue weighted by atomic mass is 127. The second-order valence-corrected chi connectivity index (χ2v) is 5.33. The first-order valence-corrected chi connectivity index (χ1v) is 6.85. The average Bonchev–Trinajstić information content (AvgIpc) is 2.80. The number of para-hydroxylation sites is 1. The number of methoxy groups -OCH3 is 1. The van der Waals surface area contributed by atoms with E-state index >= 15 is 0 Å². The van der Waals surface area contributed by atoms with E-state index in [9.17, 15) is 4.79 Å². The normalized spacial score (nSPS) is 10.0. The summed E-state index contributed by atoms with van der Waals surface area (Å²) in [5.41, 5.74) is 0.813. The Morgan fingerprint density at radius 2 is 2.12 bits per heavy atom. The van der Waals surface area contributed by atoms with Crippen LogP contribution < -0.4 is 10.1 Å². The zero-order valence-electron chi connectivity index (χ0n) is 9.07. The van der Waals surface area contributed by atoms with Gasteiger partial charge in [-0.3, -0.25) is 4.79 Å². The average molecular weight is 359 g/mol. The number of nitrogens with one attached hydrogen (secondary N) is 1. The van der Waals surface area contributed by atoms with E-state index in [0.717, 1.165) is 9.26 Å². The van der Waals surface area contributed by atoms with Gasteiger partial charge in [0.15, 0.2) is 0 Å². The first kappa shape index (κ1) is 12.4. The second kappa shape index (κ2) is 5.50. The zero-order valence-corrected chi connectivity index (χ0v) is 12.0. The van der Waals surface area contributed by atoms with Crippen LogP contribution >= 0.6 is 33.9 Å². The predicted molar refractivity (Wildman–Crippen MR) is 78.0 cm³/mol. The molecule has 1 aromatic heterocycles. The number of amides is 1. The lowest BCUT2D eigenvalue weighted by Gasteiger charge is -2.07. The van der Waals surface area contributed by atoms with E-state index in [0.29, 0.717) is 10.6 Å². The van der Waals surface area contributed by atoms with Gasteiger partial charge in [-0.25, -0.2) is 0 Å². The van der Waals surface area contributed by atoms with Gasteiger partial charge in [0.25, 0.3) is 5.91 Å². The summed E-state index contributed by atoms with van der Waals surface area (Å²) in [5, 5.41) is 4.71. The summed E-state index contributed by atoms with van der Waals surface area (Å²) in [7, 11) is 1.56. The molecule has 0 aliphatic rings. The van der Waals surface area contributed by atoms with Crippen molar-refractivity contribution in [3.63, 3.8) is 0 Å². The molecule has 0 radical (unpaired) electrons. The maximum Gasteiger partial charge on any atom is 0.269 e. The molecule has 1 amide bonds. The van der Waals surface area contributed by atoms with Crippen molar-refractivity contribution in [3.8, 4) is 5.75 Å². The van der Waals surface area contributed by atoms with Gasteiger partial charge in [0.2, 0.25) is 0 Å². The summed E-state index contributed by atoms with van der Waals surface area (Å²) in [4.78, 5) is 12.6. The summed E-state index contributed by atoms with van der Waals surface area (Å²) in [6.07, 6.45) is 0. The molecule has 0 bridgehead atoms. The van der Waals surface area contributed by atoms with Crippen LogP contribution in [0.1, 0.15) is 9.67 Å². The van der Waals surface area contributed by atoms with Gasteiger partial charge in [-0.2, -0.15) is 0 Å². The molecule has 0 unspecified atom stereocenters. The first-order valence-electron chi connectivity index (χ1n) is 4.89. The number of carbonyl (C=O) groups is 1. The molecule has 2 aromatic rings. The fourth-order valence-electron chi connectivity index (χ4n) is 1.37. The van der Waals surface area contributed by atoms with Crippen LogP contribution in [0.4, 0.5) is 5.69 Å². The van der Waals surface area contributed by atoms with Crippen molar-refractivity contribution < 1.29 is 9.53 Å². The largest absolute Gasteiger partial charge is 0.495 e. The summed E-state index contributed by atoms with van der Waals surface area (Å²) < 4.78 is 6.13. The minimum atomic E-state index is -0.138. The van der Waals surface area contributed by atoms with Gasteiger partial charge in [0.05, 0.1) is 12.8 Å². The number of rotatable bonds is 3. The van der Waals surface area contributed by atoms with Gasteiger partial charge in [0.1, 0.15) is 10.6 Å². The van der Waals surface area contributed by atoms with Crippen molar-refractivity contribution in [1.82, 2.24) is 0 Å². The van der Waals surface area contributed by atoms with Crippen LogP contribution in [0.25, 0.3) is 0 Å². The van der Waals surface area contributed by atoms with Crippen molar-refractivity contribution in [2.24, 2.45) is 0 Å². The molecule has 1 N–H and O–H groups in total. The molecule has 0 saturated carbocycles. The maximum atomic E-state index is 12.0. The molecule has 0 fully saturated rings. The highest BCUT2D eigenvalue weighted by molar-refractivity contribution is 14.1. The molecule has 2 rings (SSSR count). The Hall–Kier alpha value is -1.08. The van der Waals surface area contributed by atoms with E-state index in [1.54, 1.807) is 13.2 Å². The van der Waals surface area contributed by atoms with Crippen LogP contribution in [0, 0.1) is 3.57 Å². The van der Waals surface area contributed by atoms with E-state index in [1.807, 2.05) is 29.6 Å². The van der Waals surface area contributed by atoms with Crippen LogP contribution in [0.3, 0.4) is 0 Å². The second-order valence-electron chi connectivity index (χ2n) is 3.25. The third-order valence-corrected chi connectivity index (χ3v) is 4.01. The Kier molecular flexibility index (Phi) is 4.01. The van der Waals surface area contributed by atoms with Gasteiger partial charge in [0, 0.05) is 3.57 Å². The van der Waals surface area contributed by atoms with Crippen LogP contribution in [0.2, 0.25) is 0 Å². The Morgan fingerprint density at radius 1 is 1.35 bits per heavy atom. The molecule has 88 valence electrons. The number of ether oxygens (including phenoxy) is 1. The maximum absolute atomic E-state index is 12.0. The lowest BCUT2D eigenvalue weighted by atomic mass is 10.3. The predicted octanol–water partition coefficient (Wildman–Crippen LogP) is 3.61. The monoisotopic (exact) mass is 359 g/mol. The van der Waals surface area contributed by atoms with Crippen LogP contribution in [0.5, 0.6) is 5.75 Å². The number of halogens is 1. The standard InChI is InChI=1S/C12H10INO2S/c1-16-10-6-7-17-11(10)12(15)14-9-5-3-2-4-8(9)13/h2-7H,1H3,(H,14,15). The fraction of sp³-hybridized carbons (Fsp3) is 0.0833. The van der Waals surface area contributed by atoms with E-state index in [1.165, 1.54) is 11.3 Å². The Bertz CT molecular complexity index is 539. The lowest BCUT2D eigenvalue weighted by molar-refractivity contribution is 0.102. The molecule has 0 spiro atoms. The zero-order chi connectivity index (χ0) is 12.3. The van der Waals surface area contributed by atoms with Crippen LogP contribution in [-0.4, -0.2) is 13.0 Å². The van der Waals surface area contributed by atoms with Gasteiger partial charge in [-0.15, -0.1) is 11.3 Å². The molecule has 3 nitrogen and oxygen atoms in total. The molecular formula is C12H10INO2S. The molecule has 0 aliphatic heterocycles. The van der Waals surface area contributed by atoms with E-state index < -0.39 is 0 Å². The highest BCUT2D eigenvalue weighted by Gasteiger charge is 2.14. The minimum Gasteiger partial charge on any atom is -0.495 e. The molecule has 5 heteroatoms. The SMILES string of the molecule is COc1ccsc1C(=O)Nc1ccccc1I. The van der Waals surface area contributed by atoms with E-state index in [-0.39, 0.29) is 5.91 Å². The number of benzene rings is 1. The molecule has 1 aromatic carbocycles. The number of thiophene rings is 1. The van der Waals surface area contributed by atoms with Crippen molar-refractivity contribution in [2.75, 3.05) is 12.4 Å². The summed E-state index contributed by atoms with van der Waals surface area (Å²) in [6.45, 7) is 0. The fourth-order valence-corrected chi connectivity index (χ4v) is 2.64. The third kappa shape index (κ3) is 2.78. The topological polar surface area (TPSA) is 38.3 Å². The smallest absolute Gasteiger partial charge is 0.269 e. The molecule has 0 atom stereocenters. The van der Waals surface area contributed by atoms with Crippen molar-refractivity contribution in [3.05, 3.63) is 44.2 Å². The van der Waals surface area contributed by atoms with Gasteiger partial charge in [-0.1, -0.05) is 12.1 Å².